The van der Waals surface area contributed by atoms with Crippen LogP contribution in [-0.2, 0) is 4.79 Å². The molecule has 0 spiro atoms. The van der Waals surface area contributed by atoms with E-state index in [0.29, 0.717) is 0 Å². The second-order valence-electron chi connectivity index (χ2n) is 3.57. The molecule has 3 nitrogen and oxygen atoms in total. The molecule has 1 heterocycles. The van der Waals surface area contributed by atoms with E-state index in [0.717, 1.165) is 26.2 Å². The molecule has 80 valence electrons. The van der Waals surface area contributed by atoms with Gasteiger partial charge in [-0.3, -0.25) is 4.79 Å². The van der Waals surface area contributed by atoms with Crippen LogP contribution < -0.4 is 0 Å². The first-order chi connectivity index (χ1) is 6.77. The Kier molecular flexibility index (Phi) is 4.50. The molecule has 14 heavy (non-hydrogen) atoms. The van der Waals surface area contributed by atoms with Crippen molar-refractivity contribution < 1.29 is 4.79 Å². The largest absolute Gasteiger partial charge is 0.377 e. The van der Waals surface area contributed by atoms with Crippen LogP contribution in [0.25, 0.3) is 0 Å². The summed E-state index contributed by atoms with van der Waals surface area (Å²) in [6.07, 6.45) is 6.14. The zero-order valence-corrected chi connectivity index (χ0v) is 9.20. The number of carbonyl (C=O) groups excluding carboxylic acids is 1. The van der Waals surface area contributed by atoms with Gasteiger partial charge < -0.3 is 9.80 Å². The van der Waals surface area contributed by atoms with Crippen molar-refractivity contribution in [1.29, 1.82) is 0 Å². The second-order valence-corrected chi connectivity index (χ2v) is 3.57. The summed E-state index contributed by atoms with van der Waals surface area (Å²) in [5, 5.41) is 0. The van der Waals surface area contributed by atoms with Crippen molar-refractivity contribution in [3.8, 4) is 0 Å². The minimum atomic E-state index is 0.127. The number of hydrogen-bond donors (Lipinski definition) is 0. The van der Waals surface area contributed by atoms with Crippen LogP contribution >= 0.6 is 0 Å². The molecule has 0 aromatic heterocycles. The summed E-state index contributed by atoms with van der Waals surface area (Å²) in [6, 6.07) is 0. The number of hydrogen-bond acceptors (Lipinski definition) is 2. The van der Waals surface area contributed by atoms with Gasteiger partial charge in [-0.25, -0.2) is 0 Å². The summed E-state index contributed by atoms with van der Waals surface area (Å²) < 4.78 is 0. The van der Waals surface area contributed by atoms with Gasteiger partial charge in [-0.1, -0.05) is 0 Å². The summed E-state index contributed by atoms with van der Waals surface area (Å²) in [5.74, 6) is 0.127. The van der Waals surface area contributed by atoms with Gasteiger partial charge in [0.1, 0.15) is 0 Å². The number of likely N-dealkylation sites (N-methyl/N-ethyl adjacent to an activating group) is 1. The van der Waals surface area contributed by atoms with Crippen molar-refractivity contribution in [2.75, 3.05) is 26.2 Å². The Morgan fingerprint density at radius 3 is 2.36 bits per heavy atom. The van der Waals surface area contributed by atoms with E-state index in [2.05, 4.69) is 4.90 Å². The third-order valence-corrected chi connectivity index (χ3v) is 2.64. The Bertz CT molecular complexity index is 203. The lowest BCUT2D eigenvalue weighted by Gasteiger charge is -2.17. The molecule has 1 aliphatic rings. The Labute approximate surface area is 86.4 Å². The standard InChI is InChI=1S/C11H20N2O/c1-3-13(4-2)11(14)7-10-12-8-5-6-9-12/h7,10H,3-6,8-9H2,1-2H3/b10-7+. The molecular formula is C11H20N2O. The number of nitrogens with zero attached hydrogens (tertiary/aromatic N) is 2. The highest BCUT2D eigenvalue weighted by molar-refractivity contribution is 5.87. The van der Waals surface area contributed by atoms with E-state index >= 15 is 0 Å². The predicted octanol–water partition coefficient (Wildman–Crippen LogP) is 1.46. The lowest BCUT2D eigenvalue weighted by Crippen LogP contribution is -2.29. The fraction of sp³-hybridized carbons (Fsp3) is 0.727. The molecule has 1 rings (SSSR count). The number of rotatable bonds is 4. The molecule has 1 fully saturated rings. The van der Waals surface area contributed by atoms with Crippen molar-refractivity contribution in [2.45, 2.75) is 26.7 Å². The minimum absolute atomic E-state index is 0.127. The van der Waals surface area contributed by atoms with Crippen LogP contribution in [0.5, 0.6) is 0 Å². The molecule has 1 saturated heterocycles. The number of likely N-dealkylation sites (tertiary alicyclic amines) is 1. The SMILES string of the molecule is CCN(CC)C(=O)/C=C/N1CCCC1. The van der Waals surface area contributed by atoms with Crippen LogP contribution in [0, 0.1) is 0 Å². The Morgan fingerprint density at radius 1 is 1.29 bits per heavy atom. The van der Waals surface area contributed by atoms with Gasteiger partial charge in [-0.15, -0.1) is 0 Å². The van der Waals surface area contributed by atoms with Gasteiger partial charge in [0.05, 0.1) is 0 Å². The number of carbonyl (C=O) groups is 1. The van der Waals surface area contributed by atoms with E-state index in [1.807, 2.05) is 24.9 Å². The lowest BCUT2D eigenvalue weighted by atomic mass is 10.4. The van der Waals surface area contributed by atoms with Gasteiger partial charge in [-0.05, 0) is 26.7 Å². The second kappa shape index (κ2) is 5.68. The lowest BCUT2D eigenvalue weighted by molar-refractivity contribution is -0.125. The molecule has 0 atom stereocenters. The first-order valence-corrected chi connectivity index (χ1v) is 5.49. The minimum Gasteiger partial charge on any atom is -0.377 e. The molecule has 3 heteroatoms. The smallest absolute Gasteiger partial charge is 0.247 e. The molecule has 1 aliphatic heterocycles. The van der Waals surface area contributed by atoms with Crippen LogP contribution in [0.4, 0.5) is 0 Å². The highest BCUT2D eigenvalue weighted by atomic mass is 16.2. The zero-order chi connectivity index (χ0) is 10.4. The van der Waals surface area contributed by atoms with Crippen molar-refractivity contribution in [3.63, 3.8) is 0 Å². The predicted molar refractivity (Wildman–Crippen MR) is 57.9 cm³/mol. The molecule has 0 saturated carbocycles. The Balaban J connectivity index is 2.37. The average Bonchev–Trinajstić information content (AvgIpc) is 2.69. The molecule has 0 aliphatic carbocycles. The molecule has 0 N–H and O–H groups in total. The first-order valence-electron chi connectivity index (χ1n) is 5.49. The fourth-order valence-electron chi connectivity index (χ4n) is 1.70. The normalized spacial score (nSPS) is 16.6. The molecule has 1 amide bonds. The van der Waals surface area contributed by atoms with E-state index in [1.54, 1.807) is 6.08 Å². The van der Waals surface area contributed by atoms with Crippen LogP contribution in [0.1, 0.15) is 26.7 Å². The fourth-order valence-corrected chi connectivity index (χ4v) is 1.70. The third kappa shape index (κ3) is 3.05. The van der Waals surface area contributed by atoms with Gasteiger partial charge in [0.2, 0.25) is 5.91 Å². The van der Waals surface area contributed by atoms with Gasteiger partial charge >= 0.3 is 0 Å². The van der Waals surface area contributed by atoms with E-state index < -0.39 is 0 Å². The first kappa shape index (κ1) is 11.1. The van der Waals surface area contributed by atoms with Crippen molar-refractivity contribution in [3.05, 3.63) is 12.3 Å². The molecule has 0 aromatic rings. The Morgan fingerprint density at radius 2 is 1.86 bits per heavy atom. The van der Waals surface area contributed by atoms with Gasteiger partial charge in [0.25, 0.3) is 0 Å². The molecule has 0 radical (unpaired) electrons. The molecule has 0 unspecified atom stereocenters. The summed E-state index contributed by atoms with van der Waals surface area (Å²) in [4.78, 5) is 15.6. The van der Waals surface area contributed by atoms with E-state index in [1.165, 1.54) is 12.8 Å². The molecule has 0 bridgehead atoms. The quantitative estimate of drug-likeness (QED) is 0.636. The van der Waals surface area contributed by atoms with Crippen molar-refractivity contribution >= 4 is 5.91 Å². The van der Waals surface area contributed by atoms with E-state index in [4.69, 9.17) is 0 Å². The van der Waals surface area contributed by atoms with Crippen molar-refractivity contribution in [2.24, 2.45) is 0 Å². The van der Waals surface area contributed by atoms with Crippen LogP contribution in [0.2, 0.25) is 0 Å². The van der Waals surface area contributed by atoms with E-state index in [-0.39, 0.29) is 5.91 Å². The monoisotopic (exact) mass is 196 g/mol. The summed E-state index contributed by atoms with van der Waals surface area (Å²) in [7, 11) is 0. The van der Waals surface area contributed by atoms with Crippen molar-refractivity contribution in [1.82, 2.24) is 9.80 Å². The van der Waals surface area contributed by atoms with Crippen LogP contribution in [-0.4, -0.2) is 41.9 Å². The van der Waals surface area contributed by atoms with Crippen LogP contribution in [0.3, 0.4) is 0 Å². The van der Waals surface area contributed by atoms with Gasteiger partial charge in [0.15, 0.2) is 0 Å². The molecule has 0 aromatic carbocycles. The Hall–Kier alpha value is -0.990. The molecular weight excluding hydrogens is 176 g/mol. The maximum atomic E-state index is 11.6. The maximum Gasteiger partial charge on any atom is 0.247 e. The summed E-state index contributed by atoms with van der Waals surface area (Å²) in [5.41, 5.74) is 0. The van der Waals surface area contributed by atoms with Gasteiger partial charge in [0, 0.05) is 38.5 Å². The van der Waals surface area contributed by atoms with E-state index in [9.17, 15) is 4.79 Å². The highest BCUT2D eigenvalue weighted by Gasteiger charge is 2.08. The third-order valence-electron chi connectivity index (χ3n) is 2.64. The average molecular weight is 196 g/mol. The van der Waals surface area contributed by atoms with Crippen LogP contribution in [0.15, 0.2) is 12.3 Å². The summed E-state index contributed by atoms with van der Waals surface area (Å²) >= 11 is 0. The van der Waals surface area contributed by atoms with Gasteiger partial charge in [-0.2, -0.15) is 0 Å². The zero-order valence-electron chi connectivity index (χ0n) is 9.20. The number of amides is 1. The summed E-state index contributed by atoms with van der Waals surface area (Å²) in [6.45, 7) is 7.79. The topological polar surface area (TPSA) is 23.6 Å². The highest BCUT2D eigenvalue weighted by Crippen LogP contribution is 2.07. The maximum absolute atomic E-state index is 11.6.